The van der Waals surface area contributed by atoms with Gasteiger partial charge in [0.2, 0.25) is 0 Å². The number of hydrogen-bond donors (Lipinski definition) is 0. The second-order valence-electron chi connectivity index (χ2n) is 9.53. The van der Waals surface area contributed by atoms with Crippen molar-refractivity contribution in [3.63, 3.8) is 0 Å². The van der Waals surface area contributed by atoms with Gasteiger partial charge in [-0.25, -0.2) is 0 Å². The number of hydrogen-bond acceptors (Lipinski definition) is 5. The Morgan fingerprint density at radius 1 is 1.00 bits per heavy atom. The topological polar surface area (TPSA) is 79.6 Å². The quantitative estimate of drug-likeness (QED) is 0.288. The zero-order chi connectivity index (χ0) is 29.8. The SMILES string of the molecule is CCOC(=O)CC1(C(C#N)c2ccccc2C(F)(F)F)CCN(C(=O)[C@](OC)(c2ccccc2)C(F)(F)F)CC1. The monoisotopic (exact) mass is 570 g/mol. The van der Waals surface area contributed by atoms with Crippen LogP contribution in [0.15, 0.2) is 54.6 Å². The average molecular weight is 571 g/mol. The molecule has 12 heteroatoms. The molecule has 0 spiro atoms. The van der Waals surface area contributed by atoms with E-state index in [1.54, 1.807) is 0 Å². The number of piperidine rings is 1. The van der Waals surface area contributed by atoms with Crippen LogP contribution in [0, 0.1) is 16.7 Å². The first kappa shape index (κ1) is 30.9. The molecule has 1 unspecified atom stereocenters. The number of carbonyl (C=O) groups is 2. The highest BCUT2D eigenvalue weighted by Crippen LogP contribution is 2.51. The van der Waals surface area contributed by atoms with Gasteiger partial charge in [0.25, 0.3) is 11.5 Å². The number of ether oxygens (including phenoxy) is 2. The summed E-state index contributed by atoms with van der Waals surface area (Å²) in [5.74, 6) is -3.63. The van der Waals surface area contributed by atoms with Crippen LogP contribution in [-0.2, 0) is 30.8 Å². The predicted octanol–water partition coefficient (Wildman–Crippen LogP) is 5.98. The number of alkyl halides is 6. The fourth-order valence-electron chi connectivity index (χ4n) is 5.39. The molecule has 0 N–H and O–H groups in total. The lowest BCUT2D eigenvalue weighted by molar-refractivity contribution is -0.271. The van der Waals surface area contributed by atoms with Crippen molar-refractivity contribution in [1.29, 1.82) is 5.26 Å². The van der Waals surface area contributed by atoms with E-state index in [4.69, 9.17) is 9.47 Å². The van der Waals surface area contributed by atoms with E-state index in [0.29, 0.717) is 0 Å². The number of carbonyl (C=O) groups excluding carboxylic acids is 2. The van der Waals surface area contributed by atoms with Gasteiger partial charge in [-0.15, -0.1) is 0 Å². The highest BCUT2D eigenvalue weighted by molar-refractivity contribution is 5.88. The van der Waals surface area contributed by atoms with Gasteiger partial charge in [0.1, 0.15) is 0 Å². The molecule has 40 heavy (non-hydrogen) atoms. The minimum atomic E-state index is -5.15. The summed E-state index contributed by atoms with van der Waals surface area (Å²) in [4.78, 5) is 27.0. The van der Waals surface area contributed by atoms with Crippen LogP contribution >= 0.6 is 0 Å². The molecule has 0 aromatic heterocycles. The van der Waals surface area contributed by atoms with E-state index in [1.165, 1.54) is 37.3 Å². The molecule has 2 atom stereocenters. The van der Waals surface area contributed by atoms with Crippen molar-refractivity contribution in [3.05, 3.63) is 71.3 Å². The molecule has 1 aliphatic heterocycles. The zero-order valence-electron chi connectivity index (χ0n) is 21.8. The predicted molar refractivity (Wildman–Crippen MR) is 130 cm³/mol. The van der Waals surface area contributed by atoms with Crippen molar-refractivity contribution >= 4 is 11.9 Å². The Balaban J connectivity index is 2.03. The van der Waals surface area contributed by atoms with Gasteiger partial charge in [-0.2, -0.15) is 31.6 Å². The molecule has 6 nitrogen and oxygen atoms in total. The standard InChI is InChI=1S/C28H28F6N2O4/c1-3-40-23(37)17-25(22(18-35)20-11-7-8-12-21(20)27(29,30)31)13-15-36(16-14-25)24(38)26(39-2,28(32,33)34)19-9-5-4-6-10-19/h4-12,22H,3,13-17H2,1-2H3/t22?,26-/m1/s1. The second-order valence-corrected chi connectivity index (χ2v) is 9.53. The Morgan fingerprint density at radius 3 is 2.08 bits per heavy atom. The van der Waals surface area contributed by atoms with Gasteiger partial charge < -0.3 is 14.4 Å². The summed E-state index contributed by atoms with van der Waals surface area (Å²) >= 11 is 0. The molecule has 2 aromatic carbocycles. The van der Waals surface area contributed by atoms with Crippen LogP contribution < -0.4 is 0 Å². The molecule has 3 rings (SSSR count). The summed E-state index contributed by atoms with van der Waals surface area (Å²) in [7, 11) is 0.771. The summed E-state index contributed by atoms with van der Waals surface area (Å²) in [5.41, 5.74) is -6.62. The third-order valence-corrected chi connectivity index (χ3v) is 7.35. The lowest BCUT2D eigenvalue weighted by Crippen LogP contribution is -2.59. The lowest BCUT2D eigenvalue weighted by Gasteiger charge is -2.46. The molecule has 1 fully saturated rings. The Hall–Kier alpha value is -3.59. The zero-order valence-corrected chi connectivity index (χ0v) is 21.8. The number of benzene rings is 2. The maximum Gasteiger partial charge on any atom is 0.430 e. The van der Waals surface area contributed by atoms with Crippen molar-refractivity contribution < 1.29 is 45.4 Å². The Kier molecular flexibility index (Phi) is 9.19. The first-order valence-electron chi connectivity index (χ1n) is 12.5. The van der Waals surface area contributed by atoms with Crippen molar-refractivity contribution in [2.24, 2.45) is 5.41 Å². The van der Waals surface area contributed by atoms with Gasteiger partial charge in [0.15, 0.2) is 0 Å². The van der Waals surface area contributed by atoms with Crippen LogP contribution in [0.25, 0.3) is 0 Å². The maximum atomic E-state index is 14.5. The highest BCUT2D eigenvalue weighted by Gasteiger charge is 2.64. The van der Waals surface area contributed by atoms with Gasteiger partial charge in [-0.1, -0.05) is 48.5 Å². The molecular formula is C28H28F6N2O4. The molecule has 1 saturated heterocycles. The van der Waals surface area contributed by atoms with Gasteiger partial charge in [-0.05, 0) is 31.4 Å². The average Bonchev–Trinajstić information content (AvgIpc) is 2.90. The summed E-state index contributed by atoms with van der Waals surface area (Å²) in [6.07, 6.45) is -10.9. The van der Waals surface area contributed by atoms with Crippen molar-refractivity contribution in [1.82, 2.24) is 4.90 Å². The van der Waals surface area contributed by atoms with E-state index in [1.807, 2.05) is 6.07 Å². The van der Waals surface area contributed by atoms with Crippen molar-refractivity contribution in [2.45, 2.75) is 50.1 Å². The van der Waals surface area contributed by atoms with Crippen LogP contribution in [0.3, 0.4) is 0 Å². The van der Waals surface area contributed by atoms with Crippen LogP contribution in [0.1, 0.15) is 48.8 Å². The number of nitriles is 1. The highest BCUT2D eigenvalue weighted by atomic mass is 19.4. The number of rotatable bonds is 8. The van der Waals surface area contributed by atoms with E-state index < -0.39 is 58.7 Å². The minimum absolute atomic E-state index is 0.0189. The summed E-state index contributed by atoms with van der Waals surface area (Å²) in [6.45, 7) is 0.795. The molecule has 0 saturated carbocycles. The number of halogens is 6. The number of esters is 1. The molecule has 1 aliphatic rings. The number of nitrogens with zero attached hydrogens (tertiary/aromatic N) is 2. The molecule has 216 valence electrons. The maximum absolute atomic E-state index is 14.5. The van der Waals surface area contributed by atoms with E-state index in [-0.39, 0.29) is 38.1 Å². The molecule has 0 bridgehead atoms. The van der Waals surface area contributed by atoms with Crippen molar-refractivity contribution in [3.8, 4) is 6.07 Å². The lowest BCUT2D eigenvalue weighted by atomic mass is 9.64. The first-order valence-corrected chi connectivity index (χ1v) is 12.5. The molecular weight excluding hydrogens is 542 g/mol. The van der Waals surface area contributed by atoms with E-state index in [0.717, 1.165) is 36.3 Å². The summed E-state index contributed by atoms with van der Waals surface area (Å²) in [5, 5.41) is 10.1. The first-order chi connectivity index (χ1) is 18.8. The number of methoxy groups -OCH3 is 1. The van der Waals surface area contributed by atoms with Crippen LogP contribution in [-0.4, -0.2) is 49.8 Å². The Morgan fingerprint density at radius 2 is 1.57 bits per heavy atom. The fourth-order valence-corrected chi connectivity index (χ4v) is 5.39. The molecule has 2 aromatic rings. The third kappa shape index (κ3) is 5.80. The van der Waals surface area contributed by atoms with E-state index in [9.17, 15) is 41.2 Å². The molecule has 1 amide bonds. The molecule has 1 heterocycles. The number of likely N-dealkylation sites (tertiary alicyclic amines) is 1. The molecule has 0 radical (unpaired) electrons. The normalized spacial score (nSPS) is 17.8. The third-order valence-electron chi connectivity index (χ3n) is 7.35. The van der Waals surface area contributed by atoms with Crippen LogP contribution in [0.4, 0.5) is 26.3 Å². The molecule has 0 aliphatic carbocycles. The second kappa shape index (κ2) is 11.9. The van der Waals surface area contributed by atoms with E-state index >= 15 is 0 Å². The smallest absolute Gasteiger partial charge is 0.430 e. The largest absolute Gasteiger partial charge is 0.466 e. The number of amides is 1. The van der Waals surface area contributed by atoms with Gasteiger partial charge >= 0.3 is 18.3 Å². The van der Waals surface area contributed by atoms with Crippen LogP contribution in [0.5, 0.6) is 0 Å². The summed E-state index contributed by atoms with van der Waals surface area (Å²) < 4.78 is 94.8. The fraction of sp³-hybridized carbons (Fsp3) is 0.464. The van der Waals surface area contributed by atoms with Gasteiger partial charge in [0, 0.05) is 31.2 Å². The van der Waals surface area contributed by atoms with Gasteiger partial charge in [0.05, 0.1) is 30.6 Å². The van der Waals surface area contributed by atoms with E-state index in [2.05, 4.69) is 0 Å². The minimum Gasteiger partial charge on any atom is -0.466 e. The summed E-state index contributed by atoms with van der Waals surface area (Å²) in [6, 6.07) is 12.8. The Bertz CT molecular complexity index is 1230. The van der Waals surface area contributed by atoms with Crippen LogP contribution in [0.2, 0.25) is 0 Å². The van der Waals surface area contributed by atoms with Gasteiger partial charge in [-0.3, -0.25) is 9.59 Å². The van der Waals surface area contributed by atoms with Crippen molar-refractivity contribution in [2.75, 3.05) is 26.8 Å². The Labute approximate surface area is 227 Å².